The van der Waals surface area contributed by atoms with E-state index in [1.165, 1.54) is 11.8 Å². The molecule has 4 aromatic rings. The molecule has 156 valence electrons. The van der Waals surface area contributed by atoms with Crippen LogP contribution in [0.5, 0.6) is 5.75 Å². The minimum absolute atomic E-state index is 0.153. The maximum absolute atomic E-state index is 12.4. The van der Waals surface area contributed by atoms with Gasteiger partial charge in [0.2, 0.25) is 5.91 Å². The van der Waals surface area contributed by atoms with Gasteiger partial charge in [0, 0.05) is 34.4 Å². The van der Waals surface area contributed by atoms with Crippen molar-refractivity contribution in [3.05, 3.63) is 78.1 Å². The summed E-state index contributed by atoms with van der Waals surface area (Å²) in [7, 11) is 1.62. The molecule has 0 aliphatic carbocycles. The number of nitrogens with zero attached hydrogens (tertiary/aromatic N) is 4. The highest BCUT2D eigenvalue weighted by molar-refractivity contribution is 7.99. The fourth-order valence-corrected chi connectivity index (χ4v) is 3.75. The molecule has 1 amide bonds. The molecule has 0 fully saturated rings. The van der Waals surface area contributed by atoms with Crippen LogP contribution in [0, 0.1) is 0 Å². The molecule has 0 radical (unpaired) electrons. The lowest BCUT2D eigenvalue weighted by atomic mass is 10.2. The third-order valence-corrected chi connectivity index (χ3v) is 5.52. The van der Waals surface area contributed by atoms with Crippen molar-refractivity contribution in [3.8, 4) is 22.8 Å². The van der Waals surface area contributed by atoms with Crippen LogP contribution in [0.1, 0.15) is 0 Å². The monoisotopic (exact) mass is 451 g/mol. The normalized spacial score (nSPS) is 10.6. The molecule has 0 bridgehead atoms. The lowest BCUT2D eigenvalue weighted by Gasteiger charge is -2.11. The summed E-state index contributed by atoms with van der Waals surface area (Å²) in [6, 6.07) is 18.3. The number of anilines is 1. The molecule has 2 aromatic heterocycles. The van der Waals surface area contributed by atoms with Crippen LogP contribution in [0.3, 0.4) is 0 Å². The number of benzene rings is 2. The Morgan fingerprint density at radius 1 is 1.10 bits per heavy atom. The van der Waals surface area contributed by atoms with Gasteiger partial charge in [0.05, 0.1) is 12.9 Å². The van der Waals surface area contributed by atoms with Crippen molar-refractivity contribution < 1.29 is 9.53 Å². The van der Waals surface area contributed by atoms with E-state index >= 15 is 0 Å². The second-order valence-corrected chi connectivity index (χ2v) is 7.80. The number of pyridine rings is 1. The Morgan fingerprint density at radius 3 is 2.55 bits per heavy atom. The molecule has 0 spiro atoms. The summed E-state index contributed by atoms with van der Waals surface area (Å²) in [6.07, 6.45) is 3.43. The summed E-state index contributed by atoms with van der Waals surface area (Å²) in [6.45, 7) is 0. The number of methoxy groups -OCH3 is 1. The summed E-state index contributed by atoms with van der Waals surface area (Å²) in [5.41, 5.74) is 2.36. The van der Waals surface area contributed by atoms with Crippen LogP contribution in [0.4, 0.5) is 5.69 Å². The number of nitrogens with one attached hydrogen (secondary N) is 1. The van der Waals surface area contributed by atoms with E-state index in [-0.39, 0.29) is 11.7 Å². The molecule has 31 heavy (non-hydrogen) atoms. The van der Waals surface area contributed by atoms with Gasteiger partial charge in [0.25, 0.3) is 0 Å². The maximum Gasteiger partial charge on any atom is 0.234 e. The number of thioether (sulfide) groups is 1. The van der Waals surface area contributed by atoms with Crippen LogP contribution in [0.25, 0.3) is 17.1 Å². The van der Waals surface area contributed by atoms with E-state index in [0.717, 1.165) is 17.0 Å². The van der Waals surface area contributed by atoms with Crippen molar-refractivity contribution in [2.75, 3.05) is 18.2 Å². The molecule has 0 aliphatic rings. The van der Waals surface area contributed by atoms with Crippen LogP contribution < -0.4 is 10.1 Å². The molecule has 0 atom stereocenters. The Balaban J connectivity index is 1.58. The van der Waals surface area contributed by atoms with Crippen molar-refractivity contribution >= 4 is 35.0 Å². The Kier molecular flexibility index (Phi) is 6.49. The Labute approximate surface area is 188 Å². The van der Waals surface area contributed by atoms with Gasteiger partial charge < -0.3 is 10.1 Å². The van der Waals surface area contributed by atoms with Gasteiger partial charge in [-0.1, -0.05) is 23.4 Å². The first-order valence-corrected chi connectivity index (χ1v) is 10.7. The van der Waals surface area contributed by atoms with Crippen molar-refractivity contribution in [2.45, 2.75) is 5.16 Å². The molecule has 0 unspecified atom stereocenters. The zero-order chi connectivity index (χ0) is 21.6. The van der Waals surface area contributed by atoms with E-state index < -0.39 is 0 Å². The first-order chi connectivity index (χ1) is 15.1. The van der Waals surface area contributed by atoms with Gasteiger partial charge in [-0.3, -0.25) is 14.3 Å². The summed E-state index contributed by atoms with van der Waals surface area (Å²) in [4.78, 5) is 16.6. The van der Waals surface area contributed by atoms with E-state index in [1.807, 2.05) is 41.0 Å². The minimum Gasteiger partial charge on any atom is -0.497 e. The summed E-state index contributed by atoms with van der Waals surface area (Å²) in [5, 5.41) is 12.7. The van der Waals surface area contributed by atoms with E-state index in [1.54, 1.807) is 43.8 Å². The van der Waals surface area contributed by atoms with E-state index in [0.29, 0.717) is 21.7 Å². The van der Waals surface area contributed by atoms with Crippen molar-refractivity contribution in [3.63, 3.8) is 0 Å². The topological polar surface area (TPSA) is 81.9 Å². The highest BCUT2D eigenvalue weighted by Crippen LogP contribution is 2.28. The van der Waals surface area contributed by atoms with Crippen LogP contribution in [-0.4, -0.2) is 38.5 Å². The van der Waals surface area contributed by atoms with Crippen LogP contribution in [0.15, 0.2) is 78.2 Å². The molecular formula is C22H18ClN5O2S. The number of rotatable bonds is 7. The third kappa shape index (κ3) is 5.04. The zero-order valence-corrected chi connectivity index (χ0v) is 18.1. The van der Waals surface area contributed by atoms with Crippen molar-refractivity contribution in [2.24, 2.45) is 0 Å². The average molecular weight is 452 g/mol. The zero-order valence-electron chi connectivity index (χ0n) is 16.5. The smallest absolute Gasteiger partial charge is 0.234 e. The molecule has 7 nitrogen and oxygen atoms in total. The fourth-order valence-electron chi connectivity index (χ4n) is 2.87. The Morgan fingerprint density at radius 2 is 1.87 bits per heavy atom. The second-order valence-electron chi connectivity index (χ2n) is 6.43. The summed E-state index contributed by atoms with van der Waals surface area (Å²) in [5.74, 6) is 1.40. The molecular weight excluding hydrogens is 434 g/mol. The third-order valence-electron chi connectivity index (χ3n) is 4.34. The van der Waals surface area contributed by atoms with Crippen LogP contribution in [-0.2, 0) is 4.79 Å². The lowest BCUT2D eigenvalue weighted by Crippen LogP contribution is -2.14. The molecule has 0 aliphatic heterocycles. The standard InChI is InChI=1S/C22H18ClN5O2S/c1-30-19-10-8-18(9-11-19)28-21(15-3-2-12-24-13-15)26-27-22(28)31-14-20(29)25-17-6-4-16(23)5-7-17/h2-13H,14H2,1H3,(H,25,29). The van der Waals surface area contributed by atoms with Gasteiger partial charge in [0.1, 0.15) is 5.75 Å². The van der Waals surface area contributed by atoms with Gasteiger partial charge in [-0.2, -0.15) is 0 Å². The molecule has 2 heterocycles. The number of halogens is 1. The molecule has 0 saturated heterocycles. The first kappa shape index (κ1) is 20.9. The largest absolute Gasteiger partial charge is 0.497 e. The fraction of sp³-hybridized carbons (Fsp3) is 0.0909. The van der Waals surface area contributed by atoms with Gasteiger partial charge >= 0.3 is 0 Å². The number of amides is 1. The number of carbonyl (C=O) groups excluding carboxylic acids is 1. The number of hydrogen-bond donors (Lipinski definition) is 1. The molecule has 9 heteroatoms. The summed E-state index contributed by atoms with van der Waals surface area (Å²) < 4.78 is 7.16. The molecule has 0 saturated carbocycles. The molecule has 1 N–H and O–H groups in total. The Bertz CT molecular complexity index is 1160. The highest BCUT2D eigenvalue weighted by Gasteiger charge is 2.17. The quantitative estimate of drug-likeness (QED) is 0.409. The van der Waals surface area contributed by atoms with Crippen molar-refractivity contribution in [1.82, 2.24) is 19.7 Å². The lowest BCUT2D eigenvalue weighted by molar-refractivity contribution is -0.113. The molecule has 2 aromatic carbocycles. The average Bonchev–Trinajstić information content (AvgIpc) is 3.24. The SMILES string of the molecule is COc1ccc(-n2c(SCC(=O)Nc3ccc(Cl)cc3)nnc2-c2cccnc2)cc1. The number of ether oxygens (including phenoxy) is 1. The first-order valence-electron chi connectivity index (χ1n) is 9.32. The Hall–Kier alpha value is -3.36. The molecule has 4 rings (SSSR count). The second kappa shape index (κ2) is 9.63. The van der Waals surface area contributed by atoms with Crippen LogP contribution >= 0.6 is 23.4 Å². The number of carbonyl (C=O) groups is 1. The van der Waals surface area contributed by atoms with Gasteiger partial charge in [-0.15, -0.1) is 10.2 Å². The van der Waals surface area contributed by atoms with Crippen molar-refractivity contribution in [1.29, 1.82) is 0 Å². The van der Waals surface area contributed by atoms with Gasteiger partial charge in [0.15, 0.2) is 11.0 Å². The predicted octanol–water partition coefficient (Wildman–Crippen LogP) is 4.72. The minimum atomic E-state index is -0.153. The number of aromatic nitrogens is 4. The van der Waals surface area contributed by atoms with E-state index in [4.69, 9.17) is 16.3 Å². The summed E-state index contributed by atoms with van der Waals surface area (Å²) >= 11 is 7.19. The van der Waals surface area contributed by atoms with Gasteiger partial charge in [-0.05, 0) is 60.7 Å². The van der Waals surface area contributed by atoms with Gasteiger partial charge in [-0.25, -0.2) is 0 Å². The van der Waals surface area contributed by atoms with E-state index in [2.05, 4.69) is 20.5 Å². The maximum atomic E-state index is 12.4. The predicted molar refractivity (Wildman–Crippen MR) is 122 cm³/mol. The van der Waals surface area contributed by atoms with E-state index in [9.17, 15) is 4.79 Å². The number of hydrogen-bond acceptors (Lipinski definition) is 6. The van der Waals surface area contributed by atoms with Crippen LogP contribution in [0.2, 0.25) is 5.02 Å². The highest BCUT2D eigenvalue weighted by atomic mass is 35.5.